The monoisotopic (exact) mass is 236 g/mol. The molecular weight excluding hydrogens is 220 g/mol. The summed E-state index contributed by atoms with van der Waals surface area (Å²) in [5, 5.41) is 17.4. The molecule has 0 bridgehead atoms. The first kappa shape index (κ1) is 11.8. The van der Waals surface area contributed by atoms with Crippen LogP contribution >= 0.6 is 0 Å². The van der Waals surface area contributed by atoms with Crippen molar-refractivity contribution in [3.05, 3.63) is 28.4 Å². The van der Waals surface area contributed by atoms with Crippen LogP contribution in [0.4, 0.5) is 11.5 Å². The quantitative estimate of drug-likeness (QED) is 0.614. The van der Waals surface area contributed by atoms with Gasteiger partial charge in [-0.05, 0) is 32.4 Å². The second-order valence-corrected chi connectivity index (χ2v) is 4.35. The lowest BCUT2D eigenvalue weighted by molar-refractivity contribution is -0.384. The molecular formula is C11H16N4O2. The molecule has 1 saturated heterocycles. The van der Waals surface area contributed by atoms with Gasteiger partial charge in [-0.2, -0.15) is 0 Å². The van der Waals surface area contributed by atoms with Gasteiger partial charge in [-0.1, -0.05) is 0 Å². The highest BCUT2D eigenvalue weighted by Crippen LogP contribution is 2.23. The van der Waals surface area contributed by atoms with Gasteiger partial charge in [0.05, 0.1) is 4.92 Å². The first-order valence-electron chi connectivity index (χ1n) is 5.76. The van der Waals surface area contributed by atoms with E-state index in [1.54, 1.807) is 12.3 Å². The number of anilines is 1. The third kappa shape index (κ3) is 2.91. The Bertz CT molecular complexity index is 410. The number of aromatic nitrogens is 1. The smallest absolute Gasteiger partial charge is 0.311 e. The molecule has 2 heterocycles. The Morgan fingerprint density at radius 1 is 1.65 bits per heavy atom. The van der Waals surface area contributed by atoms with Crippen molar-refractivity contribution in [3.8, 4) is 0 Å². The van der Waals surface area contributed by atoms with Crippen LogP contribution in [0.3, 0.4) is 0 Å². The van der Waals surface area contributed by atoms with E-state index in [0.717, 1.165) is 19.4 Å². The summed E-state index contributed by atoms with van der Waals surface area (Å²) in [5.41, 5.74) is 0.0404. The van der Waals surface area contributed by atoms with Gasteiger partial charge in [0, 0.05) is 24.3 Å². The molecule has 2 N–H and O–H groups in total. The molecule has 1 fully saturated rings. The van der Waals surface area contributed by atoms with Crippen molar-refractivity contribution in [2.75, 3.05) is 11.9 Å². The molecule has 1 aromatic heterocycles. The van der Waals surface area contributed by atoms with Crippen molar-refractivity contribution in [1.29, 1.82) is 0 Å². The standard InChI is InChI=1S/C11H16N4O2/c1-8-7-9(4-6-12-8)14-11-10(15(16)17)3-2-5-13-11/h2-3,5,8-9,12H,4,6-7H2,1H3,(H,13,14). The normalized spacial score (nSPS) is 24.3. The fraction of sp³-hybridized carbons (Fsp3) is 0.545. The van der Waals surface area contributed by atoms with E-state index in [1.165, 1.54) is 6.07 Å². The molecule has 1 aliphatic heterocycles. The lowest BCUT2D eigenvalue weighted by atomic mass is 10.0. The van der Waals surface area contributed by atoms with Crippen LogP contribution in [0.2, 0.25) is 0 Å². The number of nitrogens with zero attached hydrogens (tertiary/aromatic N) is 2. The van der Waals surface area contributed by atoms with Gasteiger partial charge >= 0.3 is 5.69 Å². The van der Waals surface area contributed by atoms with E-state index in [2.05, 4.69) is 22.5 Å². The third-order valence-corrected chi connectivity index (χ3v) is 2.95. The van der Waals surface area contributed by atoms with E-state index in [0.29, 0.717) is 11.9 Å². The van der Waals surface area contributed by atoms with Crippen LogP contribution in [0.1, 0.15) is 19.8 Å². The van der Waals surface area contributed by atoms with Gasteiger partial charge in [0.15, 0.2) is 0 Å². The molecule has 0 saturated carbocycles. The Morgan fingerprint density at radius 3 is 3.18 bits per heavy atom. The van der Waals surface area contributed by atoms with Crippen LogP contribution in [-0.2, 0) is 0 Å². The predicted molar refractivity (Wildman–Crippen MR) is 65.0 cm³/mol. The molecule has 0 spiro atoms. The average Bonchev–Trinajstić information content (AvgIpc) is 2.29. The van der Waals surface area contributed by atoms with E-state index >= 15 is 0 Å². The molecule has 2 atom stereocenters. The van der Waals surface area contributed by atoms with Crippen LogP contribution in [-0.4, -0.2) is 28.5 Å². The number of pyridine rings is 1. The first-order chi connectivity index (χ1) is 8.16. The molecule has 1 aromatic rings. The largest absolute Gasteiger partial charge is 0.362 e. The second kappa shape index (κ2) is 5.09. The molecule has 0 aliphatic carbocycles. The van der Waals surface area contributed by atoms with Crippen LogP contribution < -0.4 is 10.6 Å². The third-order valence-electron chi connectivity index (χ3n) is 2.95. The van der Waals surface area contributed by atoms with E-state index < -0.39 is 4.92 Å². The fourth-order valence-corrected chi connectivity index (χ4v) is 2.11. The number of hydrogen-bond acceptors (Lipinski definition) is 5. The summed E-state index contributed by atoms with van der Waals surface area (Å²) in [6.45, 7) is 3.04. The molecule has 2 rings (SSSR count). The van der Waals surface area contributed by atoms with Crippen molar-refractivity contribution in [3.63, 3.8) is 0 Å². The van der Waals surface area contributed by atoms with E-state index in [9.17, 15) is 10.1 Å². The Labute approximate surface area is 99.6 Å². The van der Waals surface area contributed by atoms with Gasteiger partial charge in [0.2, 0.25) is 5.82 Å². The number of rotatable bonds is 3. The minimum Gasteiger partial charge on any atom is -0.362 e. The summed E-state index contributed by atoms with van der Waals surface area (Å²) in [7, 11) is 0. The zero-order valence-electron chi connectivity index (χ0n) is 9.72. The molecule has 6 nitrogen and oxygen atoms in total. The number of piperidine rings is 1. The number of hydrogen-bond donors (Lipinski definition) is 2. The van der Waals surface area contributed by atoms with Crippen LogP contribution in [0, 0.1) is 10.1 Å². The van der Waals surface area contributed by atoms with Gasteiger partial charge in [0.25, 0.3) is 0 Å². The molecule has 92 valence electrons. The van der Waals surface area contributed by atoms with Gasteiger partial charge in [-0.3, -0.25) is 10.1 Å². The summed E-state index contributed by atoms with van der Waals surface area (Å²) >= 11 is 0. The molecule has 0 radical (unpaired) electrons. The maximum absolute atomic E-state index is 10.8. The molecule has 17 heavy (non-hydrogen) atoms. The molecule has 1 aliphatic rings. The minimum atomic E-state index is -0.403. The van der Waals surface area contributed by atoms with Crippen LogP contribution in [0.15, 0.2) is 18.3 Å². The molecule has 2 unspecified atom stereocenters. The molecule has 0 aromatic carbocycles. The van der Waals surface area contributed by atoms with Gasteiger partial charge in [0.1, 0.15) is 0 Å². The van der Waals surface area contributed by atoms with Gasteiger partial charge < -0.3 is 10.6 Å². The highest BCUT2D eigenvalue weighted by Gasteiger charge is 2.22. The Kier molecular flexibility index (Phi) is 3.53. The summed E-state index contributed by atoms with van der Waals surface area (Å²) in [5.74, 6) is 0.372. The molecule has 0 amide bonds. The topological polar surface area (TPSA) is 80.1 Å². The SMILES string of the molecule is CC1CC(Nc2ncccc2[N+](=O)[O-])CCN1. The van der Waals surface area contributed by atoms with Gasteiger partial charge in [-0.15, -0.1) is 0 Å². The second-order valence-electron chi connectivity index (χ2n) is 4.35. The lowest BCUT2D eigenvalue weighted by Gasteiger charge is -2.28. The van der Waals surface area contributed by atoms with Crippen molar-refractivity contribution in [2.45, 2.75) is 31.8 Å². The maximum Gasteiger partial charge on any atom is 0.311 e. The fourth-order valence-electron chi connectivity index (χ4n) is 2.11. The lowest BCUT2D eigenvalue weighted by Crippen LogP contribution is -2.41. The average molecular weight is 236 g/mol. The Morgan fingerprint density at radius 2 is 2.47 bits per heavy atom. The summed E-state index contributed by atoms with van der Waals surface area (Å²) in [6, 6.07) is 3.73. The number of nitrogens with one attached hydrogen (secondary N) is 2. The highest BCUT2D eigenvalue weighted by atomic mass is 16.6. The minimum absolute atomic E-state index is 0.0404. The Hall–Kier alpha value is -1.69. The summed E-state index contributed by atoms with van der Waals surface area (Å²) in [4.78, 5) is 14.5. The zero-order valence-corrected chi connectivity index (χ0v) is 9.72. The molecule has 6 heteroatoms. The predicted octanol–water partition coefficient (Wildman–Crippen LogP) is 1.54. The van der Waals surface area contributed by atoms with E-state index in [-0.39, 0.29) is 11.7 Å². The van der Waals surface area contributed by atoms with Crippen molar-refractivity contribution in [2.24, 2.45) is 0 Å². The summed E-state index contributed by atoms with van der Waals surface area (Å²) < 4.78 is 0. The van der Waals surface area contributed by atoms with Crippen molar-refractivity contribution < 1.29 is 4.92 Å². The van der Waals surface area contributed by atoms with Gasteiger partial charge in [-0.25, -0.2) is 4.98 Å². The number of nitro groups is 1. The zero-order chi connectivity index (χ0) is 12.3. The van der Waals surface area contributed by atoms with Crippen LogP contribution in [0.25, 0.3) is 0 Å². The maximum atomic E-state index is 10.8. The van der Waals surface area contributed by atoms with Crippen molar-refractivity contribution >= 4 is 11.5 Å². The first-order valence-corrected chi connectivity index (χ1v) is 5.76. The highest BCUT2D eigenvalue weighted by molar-refractivity contribution is 5.55. The summed E-state index contributed by atoms with van der Waals surface area (Å²) in [6.07, 6.45) is 3.48. The van der Waals surface area contributed by atoms with Crippen LogP contribution in [0.5, 0.6) is 0 Å². The van der Waals surface area contributed by atoms with Crippen molar-refractivity contribution in [1.82, 2.24) is 10.3 Å². The van der Waals surface area contributed by atoms with E-state index in [4.69, 9.17) is 0 Å². The van der Waals surface area contributed by atoms with E-state index in [1.807, 2.05) is 0 Å². The Balaban J connectivity index is 2.10.